The average molecular weight is 359 g/mol. The molecule has 25 heavy (non-hydrogen) atoms. The topological polar surface area (TPSA) is 47.4 Å². The summed E-state index contributed by atoms with van der Waals surface area (Å²) in [5.74, 6) is -1.02. The van der Waals surface area contributed by atoms with Gasteiger partial charge < -0.3 is 9.64 Å². The smallest absolute Gasteiger partial charge is 0.283 e. The minimum atomic E-state index is -2.99. The Morgan fingerprint density at radius 3 is 2.76 bits per heavy atom. The zero-order valence-electron chi connectivity index (χ0n) is 14.4. The number of nitrogens with zero attached hydrogens (tertiary/aromatic N) is 3. The third-order valence-corrected chi connectivity index (χ3v) is 4.96. The van der Waals surface area contributed by atoms with Crippen LogP contribution in [0.2, 0.25) is 0 Å². The van der Waals surface area contributed by atoms with Crippen molar-refractivity contribution in [1.82, 2.24) is 14.7 Å². The lowest BCUT2D eigenvalue weighted by atomic mass is 9.98. The monoisotopic (exact) mass is 359 g/mol. The summed E-state index contributed by atoms with van der Waals surface area (Å²) in [5, 5.41) is 3.47. The number of ether oxygens (including phenoxy) is 1. The summed E-state index contributed by atoms with van der Waals surface area (Å²) in [6.07, 6.45) is 2.62. The Bertz CT molecular complexity index is 617. The molecule has 1 atom stereocenters. The van der Waals surface area contributed by atoms with Crippen molar-refractivity contribution in [1.29, 1.82) is 0 Å². The maximum Gasteiger partial charge on any atom is 0.283 e. The van der Waals surface area contributed by atoms with Gasteiger partial charge in [-0.3, -0.25) is 4.79 Å². The summed E-state index contributed by atoms with van der Waals surface area (Å²) < 4.78 is 46.8. The van der Waals surface area contributed by atoms with Crippen molar-refractivity contribution in [3.63, 3.8) is 0 Å². The number of hydrogen-bond donors (Lipinski definition) is 0. The number of alkyl halides is 2. The fraction of sp³-hybridized carbons (Fsp3) is 0.765. The molecule has 0 spiro atoms. The number of carbonyl (C=O) groups excluding carboxylic acids is 1. The van der Waals surface area contributed by atoms with Gasteiger partial charge in [0.05, 0.1) is 0 Å². The first-order chi connectivity index (χ1) is 12.0. The van der Waals surface area contributed by atoms with Crippen molar-refractivity contribution in [3.05, 3.63) is 17.2 Å². The van der Waals surface area contributed by atoms with Crippen LogP contribution in [0.5, 0.6) is 0 Å². The van der Waals surface area contributed by atoms with Gasteiger partial charge in [0, 0.05) is 32.8 Å². The molecule has 1 saturated carbocycles. The summed E-state index contributed by atoms with van der Waals surface area (Å²) in [5.41, 5.74) is -1.37. The highest BCUT2D eigenvalue weighted by molar-refractivity contribution is 5.95. The number of piperidine rings is 1. The van der Waals surface area contributed by atoms with Gasteiger partial charge in [-0.2, -0.15) is 9.49 Å². The quantitative estimate of drug-likeness (QED) is 0.702. The second-order valence-electron chi connectivity index (χ2n) is 6.93. The number of aromatic nitrogens is 2. The van der Waals surface area contributed by atoms with E-state index in [1.807, 2.05) is 0 Å². The van der Waals surface area contributed by atoms with Crippen LogP contribution < -0.4 is 0 Å². The summed E-state index contributed by atoms with van der Waals surface area (Å²) in [6, 6.07) is -0.106. The Balaban J connectivity index is 1.69. The highest BCUT2D eigenvalue weighted by atomic mass is 19.3. The van der Waals surface area contributed by atoms with Gasteiger partial charge in [-0.1, -0.05) is 0 Å². The Kier molecular flexibility index (Phi) is 5.66. The van der Waals surface area contributed by atoms with Crippen molar-refractivity contribution in [3.8, 4) is 0 Å². The van der Waals surface area contributed by atoms with Crippen LogP contribution in [0.25, 0.3) is 0 Å². The summed E-state index contributed by atoms with van der Waals surface area (Å²) in [4.78, 5) is 14.3. The molecule has 1 aliphatic carbocycles. The largest absolute Gasteiger partial charge is 0.381 e. The number of hydrogen-bond acceptors (Lipinski definition) is 3. The number of halogens is 3. The normalized spacial score (nSPS) is 21.2. The van der Waals surface area contributed by atoms with E-state index < -0.39 is 29.5 Å². The lowest BCUT2D eigenvalue weighted by Crippen LogP contribution is -2.44. The van der Waals surface area contributed by atoms with E-state index in [1.165, 1.54) is 24.8 Å². The predicted molar refractivity (Wildman–Crippen MR) is 85.0 cm³/mol. The standard InChI is InChI=1S/C17H24F3N3O2/c1-22-16(20)13(14(21-22)15(18)19)17(24)23-8-3-2-4-12(23)7-9-25-10-11-5-6-11/h11-12,15H,2-10H2,1H3. The van der Waals surface area contributed by atoms with Crippen LogP contribution in [0, 0.1) is 11.9 Å². The van der Waals surface area contributed by atoms with Gasteiger partial charge in [0.1, 0.15) is 11.3 Å². The molecule has 1 aromatic rings. The first-order valence-corrected chi connectivity index (χ1v) is 8.88. The SMILES string of the molecule is Cn1nc(C(F)F)c(C(=O)N2CCCCC2CCOCC2CC2)c1F. The van der Waals surface area contributed by atoms with E-state index in [0.717, 1.165) is 25.9 Å². The van der Waals surface area contributed by atoms with E-state index >= 15 is 0 Å². The molecule has 0 radical (unpaired) electrons. The van der Waals surface area contributed by atoms with E-state index in [-0.39, 0.29) is 6.04 Å². The predicted octanol–water partition coefficient (Wildman–Crippen LogP) is 3.31. The fourth-order valence-corrected chi connectivity index (χ4v) is 3.34. The van der Waals surface area contributed by atoms with Crippen LogP contribution in [0.4, 0.5) is 13.2 Å². The maximum absolute atomic E-state index is 14.2. The average Bonchev–Trinajstić information content (AvgIpc) is 3.37. The number of rotatable bonds is 7. The molecular weight excluding hydrogens is 335 g/mol. The molecule has 5 nitrogen and oxygen atoms in total. The van der Waals surface area contributed by atoms with Gasteiger partial charge in [0.2, 0.25) is 5.95 Å². The minimum Gasteiger partial charge on any atom is -0.381 e. The van der Waals surface area contributed by atoms with Crippen LogP contribution in [0.3, 0.4) is 0 Å². The van der Waals surface area contributed by atoms with Crippen LogP contribution in [-0.4, -0.2) is 46.4 Å². The van der Waals surface area contributed by atoms with Crippen molar-refractivity contribution in [2.45, 2.75) is 51.0 Å². The van der Waals surface area contributed by atoms with Gasteiger partial charge in [-0.25, -0.2) is 13.5 Å². The Morgan fingerprint density at radius 2 is 2.08 bits per heavy atom. The molecule has 1 amide bonds. The van der Waals surface area contributed by atoms with E-state index in [4.69, 9.17) is 4.74 Å². The van der Waals surface area contributed by atoms with Gasteiger partial charge in [-0.05, 0) is 44.4 Å². The van der Waals surface area contributed by atoms with E-state index in [0.29, 0.717) is 30.2 Å². The molecule has 3 rings (SSSR count). The van der Waals surface area contributed by atoms with Crippen molar-refractivity contribution in [2.75, 3.05) is 19.8 Å². The molecule has 2 fully saturated rings. The highest BCUT2D eigenvalue weighted by Gasteiger charge is 2.35. The number of carbonyl (C=O) groups is 1. The van der Waals surface area contributed by atoms with Crippen LogP contribution in [0.1, 0.15) is 61.0 Å². The number of amides is 1. The molecule has 8 heteroatoms. The van der Waals surface area contributed by atoms with Gasteiger partial charge in [-0.15, -0.1) is 0 Å². The fourth-order valence-electron chi connectivity index (χ4n) is 3.34. The van der Waals surface area contributed by atoms with Gasteiger partial charge >= 0.3 is 0 Å². The summed E-state index contributed by atoms with van der Waals surface area (Å²) in [6.45, 7) is 1.72. The molecule has 2 aliphatic rings. The zero-order valence-corrected chi connectivity index (χ0v) is 14.4. The summed E-state index contributed by atoms with van der Waals surface area (Å²) in [7, 11) is 1.22. The zero-order chi connectivity index (χ0) is 18.0. The van der Waals surface area contributed by atoms with Crippen molar-refractivity contribution in [2.24, 2.45) is 13.0 Å². The number of aryl methyl sites for hydroxylation is 1. The van der Waals surface area contributed by atoms with Crippen LogP contribution in [0.15, 0.2) is 0 Å². The number of likely N-dealkylation sites (tertiary alicyclic amines) is 1. The third-order valence-electron chi connectivity index (χ3n) is 4.96. The van der Waals surface area contributed by atoms with Crippen molar-refractivity contribution < 1.29 is 22.7 Å². The Morgan fingerprint density at radius 1 is 1.32 bits per heavy atom. The van der Waals surface area contributed by atoms with Gasteiger partial charge in [0.15, 0.2) is 0 Å². The maximum atomic E-state index is 14.2. The van der Waals surface area contributed by atoms with Crippen LogP contribution in [-0.2, 0) is 11.8 Å². The molecule has 0 aromatic carbocycles. The molecule has 1 aliphatic heterocycles. The van der Waals surface area contributed by atoms with Crippen LogP contribution >= 0.6 is 0 Å². The molecule has 2 heterocycles. The lowest BCUT2D eigenvalue weighted by Gasteiger charge is -2.35. The molecule has 0 bridgehead atoms. The summed E-state index contributed by atoms with van der Waals surface area (Å²) >= 11 is 0. The molecule has 0 N–H and O–H groups in total. The second kappa shape index (κ2) is 7.76. The molecular formula is C17H24F3N3O2. The van der Waals surface area contributed by atoms with E-state index in [1.54, 1.807) is 0 Å². The van der Waals surface area contributed by atoms with E-state index in [9.17, 15) is 18.0 Å². The second-order valence-corrected chi connectivity index (χ2v) is 6.93. The minimum absolute atomic E-state index is 0.106. The van der Waals surface area contributed by atoms with Gasteiger partial charge in [0.25, 0.3) is 12.3 Å². The first-order valence-electron chi connectivity index (χ1n) is 8.88. The van der Waals surface area contributed by atoms with E-state index in [2.05, 4.69) is 5.10 Å². The first kappa shape index (κ1) is 18.2. The molecule has 1 saturated heterocycles. The molecule has 1 aromatic heterocycles. The Labute approximate surface area is 145 Å². The molecule has 1 unspecified atom stereocenters. The third kappa shape index (κ3) is 4.16. The Hall–Kier alpha value is -1.57. The van der Waals surface area contributed by atoms with Crippen molar-refractivity contribution >= 4 is 5.91 Å². The molecule has 140 valence electrons. The lowest BCUT2D eigenvalue weighted by molar-refractivity contribution is 0.0491. The highest BCUT2D eigenvalue weighted by Crippen LogP contribution is 2.30.